The number of rotatable bonds is 8. The van der Waals surface area contributed by atoms with Gasteiger partial charge in [-0.2, -0.15) is 0 Å². The smallest absolute Gasteiger partial charge is 0.268 e. The van der Waals surface area contributed by atoms with Gasteiger partial charge in [0.15, 0.2) is 0 Å². The number of ether oxygens (including phenoxy) is 1. The van der Waals surface area contributed by atoms with E-state index in [0.717, 1.165) is 49.3 Å². The highest BCUT2D eigenvalue weighted by molar-refractivity contribution is 6.00. The predicted molar refractivity (Wildman–Crippen MR) is 120 cm³/mol. The number of fused-ring (bicyclic) bond motifs is 1. The Hall–Kier alpha value is -3.16. The second kappa shape index (κ2) is 10.2. The number of nitrogens with zero attached hydrogens (tertiary/aromatic N) is 2. The summed E-state index contributed by atoms with van der Waals surface area (Å²) < 4.78 is 7.32. The van der Waals surface area contributed by atoms with E-state index in [1.54, 1.807) is 0 Å². The van der Waals surface area contributed by atoms with Gasteiger partial charge in [-0.3, -0.25) is 14.5 Å². The minimum absolute atomic E-state index is 0.0468. The van der Waals surface area contributed by atoms with Crippen LogP contribution >= 0.6 is 0 Å². The molecule has 2 aromatic carbocycles. The standard InChI is InChI=1S/C24H28N4O3/c29-23(25-10-11-27-12-14-31-15-13-27)17-26-24(30)22-16-20-8-4-5-9-21(20)28(22)18-19-6-2-1-3-7-19/h1-9,16H,10-15,17-18H2,(H,25,29)(H,26,30). The van der Waals surface area contributed by atoms with Gasteiger partial charge in [-0.25, -0.2) is 0 Å². The predicted octanol–water partition coefficient (Wildman–Crippen LogP) is 1.87. The number of carbonyl (C=O) groups is 2. The molecule has 1 fully saturated rings. The van der Waals surface area contributed by atoms with Crippen molar-refractivity contribution < 1.29 is 14.3 Å². The number of para-hydroxylation sites is 1. The average molecular weight is 421 g/mol. The number of morpholine rings is 1. The molecular formula is C24H28N4O3. The van der Waals surface area contributed by atoms with E-state index in [-0.39, 0.29) is 18.4 Å². The molecule has 1 aliphatic rings. The van der Waals surface area contributed by atoms with Crippen molar-refractivity contribution in [2.45, 2.75) is 6.54 Å². The summed E-state index contributed by atoms with van der Waals surface area (Å²) in [5.41, 5.74) is 2.65. The van der Waals surface area contributed by atoms with Gasteiger partial charge in [-0.1, -0.05) is 48.5 Å². The molecule has 31 heavy (non-hydrogen) atoms. The van der Waals surface area contributed by atoms with Crippen molar-refractivity contribution in [3.05, 3.63) is 71.9 Å². The zero-order valence-electron chi connectivity index (χ0n) is 17.5. The lowest BCUT2D eigenvalue weighted by molar-refractivity contribution is -0.120. The van der Waals surface area contributed by atoms with Crippen LogP contribution in [0.25, 0.3) is 10.9 Å². The summed E-state index contributed by atoms with van der Waals surface area (Å²) in [6.07, 6.45) is 0. The first kappa shape index (κ1) is 21.1. The Labute approximate surface area is 182 Å². The lowest BCUT2D eigenvalue weighted by Gasteiger charge is -2.26. The molecule has 4 rings (SSSR count). The van der Waals surface area contributed by atoms with Gasteiger partial charge in [0, 0.05) is 43.6 Å². The number of carbonyl (C=O) groups excluding carboxylic acids is 2. The third kappa shape index (κ3) is 5.51. The molecule has 0 bridgehead atoms. The van der Waals surface area contributed by atoms with Gasteiger partial charge in [0.2, 0.25) is 5.91 Å². The molecule has 7 nitrogen and oxygen atoms in total. The number of nitrogens with one attached hydrogen (secondary N) is 2. The van der Waals surface area contributed by atoms with E-state index >= 15 is 0 Å². The molecule has 3 aromatic rings. The van der Waals surface area contributed by atoms with Gasteiger partial charge in [0.05, 0.1) is 19.8 Å². The van der Waals surface area contributed by atoms with E-state index in [9.17, 15) is 9.59 Å². The van der Waals surface area contributed by atoms with Gasteiger partial charge >= 0.3 is 0 Å². The lowest BCUT2D eigenvalue weighted by Crippen LogP contribution is -2.43. The Bertz CT molecular complexity index is 1030. The van der Waals surface area contributed by atoms with Crippen LogP contribution in [0.4, 0.5) is 0 Å². The minimum atomic E-state index is -0.254. The molecular weight excluding hydrogens is 392 g/mol. The van der Waals surface area contributed by atoms with E-state index < -0.39 is 0 Å². The molecule has 0 saturated carbocycles. The van der Waals surface area contributed by atoms with Crippen molar-refractivity contribution in [2.24, 2.45) is 0 Å². The molecule has 1 saturated heterocycles. The second-order valence-electron chi connectivity index (χ2n) is 7.65. The van der Waals surface area contributed by atoms with Crippen LogP contribution in [0.3, 0.4) is 0 Å². The largest absolute Gasteiger partial charge is 0.379 e. The highest BCUT2D eigenvalue weighted by Gasteiger charge is 2.17. The summed E-state index contributed by atoms with van der Waals surface area (Å²) in [7, 11) is 0. The molecule has 0 radical (unpaired) electrons. The quantitative estimate of drug-likeness (QED) is 0.583. The third-order valence-electron chi connectivity index (χ3n) is 5.49. The first-order valence-electron chi connectivity index (χ1n) is 10.7. The molecule has 2 amide bonds. The van der Waals surface area contributed by atoms with Crippen LogP contribution in [-0.4, -0.2) is 67.2 Å². The number of benzene rings is 2. The fourth-order valence-corrected chi connectivity index (χ4v) is 3.83. The molecule has 2 heterocycles. The number of hydrogen-bond acceptors (Lipinski definition) is 4. The Balaban J connectivity index is 1.37. The first-order valence-corrected chi connectivity index (χ1v) is 10.7. The third-order valence-corrected chi connectivity index (χ3v) is 5.49. The highest BCUT2D eigenvalue weighted by Crippen LogP contribution is 2.21. The molecule has 0 aliphatic carbocycles. The first-order chi connectivity index (χ1) is 15.2. The van der Waals surface area contributed by atoms with Crippen molar-refractivity contribution in [3.63, 3.8) is 0 Å². The molecule has 1 aromatic heterocycles. The minimum Gasteiger partial charge on any atom is -0.379 e. The monoisotopic (exact) mass is 420 g/mol. The molecule has 2 N–H and O–H groups in total. The van der Waals surface area contributed by atoms with E-state index in [2.05, 4.69) is 15.5 Å². The fourth-order valence-electron chi connectivity index (χ4n) is 3.83. The lowest BCUT2D eigenvalue weighted by atomic mass is 10.2. The SMILES string of the molecule is O=C(CNC(=O)c1cc2ccccc2n1Cc1ccccc1)NCCN1CCOCC1. The van der Waals surface area contributed by atoms with Gasteiger partial charge in [-0.15, -0.1) is 0 Å². The van der Waals surface area contributed by atoms with Crippen molar-refractivity contribution in [1.29, 1.82) is 0 Å². The number of aromatic nitrogens is 1. The van der Waals surface area contributed by atoms with E-state index in [1.807, 2.05) is 65.2 Å². The summed E-state index contributed by atoms with van der Waals surface area (Å²) in [4.78, 5) is 27.4. The Kier molecular flexibility index (Phi) is 6.96. The van der Waals surface area contributed by atoms with Crippen LogP contribution in [-0.2, 0) is 16.1 Å². The van der Waals surface area contributed by atoms with Crippen LogP contribution < -0.4 is 10.6 Å². The molecule has 0 atom stereocenters. The van der Waals surface area contributed by atoms with Gasteiger partial charge in [-0.05, 0) is 17.7 Å². The van der Waals surface area contributed by atoms with Crippen LogP contribution in [0.2, 0.25) is 0 Å². The summed E-state index contributed by atoms with van der Waals surface area (Å²) >= 11 is 0. The van der Waals surface area contributed by atoms with Gasteiger partial charge < -0.3 is 19.9 Å². The van der Waals surface area contributed by atoms with Crippen LogP contribution in [0.5, 0.6) is 0 Å². The van der Waals surface area contributed by atoms with Crippen molar-refractivity contribution >= 4 is 22.7 Å². The Morgan fingerprint density at radius 2 is 1.68 bits per heavy atom. The Morgan fingerprint density at radius 1 is 0.935 bits per heavy atom. The molecule has 7 heteroatoms. The van der Waals surface area contributed by atoms with E-state index in [4.69, 9.17) is 4.74 Å². The summed E-state index contributed by atoms with van der Waals surface area (Å²) in [5, 5.41) is 6.64. The summed E-state index contributed by atoms with van der Waals surface area (Å²) in [6, 6.07) is 19.8. The fraction of sp³-hybridized carbons (Fsp3) is 0.333. The number of hydrogen-bond donors (Lipinski definition) is 2. The molecule has 0 unspecified atom stereocenters. The normalized spacial score (nSPS) is 14.5. The summed E-state index contributed by atoms with van der Waals surface area (Å²) in [5.74, 6) is -0.442. The number of amides is 2. The van der Waals surface area contributed by atoms with Crippen molar-refractivity contribution in [1.82, 2.24) is 20.1 Å². The van der Waals surface area contributed by atoms with Gasteiger partial charge in [0.25, 0.3) is 5.91 Å². The maximum absolute atomic E-state index is 12.9. The van der Waals surface area contributed by atoms with Gasteiger partial charge in [0.1, 0.15) is 5.69 Å². The van der Waals surface area contributed by atoms with Crippen molar-refractivity contribution in [3.8, 4) is 0 Å². The molecule has 1 aliphatic heterocycles. The zero-order valence-corrected chi connectivity index (χ0v) is 17.5. The van der Waals surface area contributed by atoms with Crippen LogP contribution in [0, 0.1) is 0 Å². The average Bonchev–Trinajstić information content (AvgIpc) is 3.17. The van der Waals surface area contributed by atoms with E-state index in [1.165, 1.54) is 0 Å². The van der Waals surface area contributed by atoms with E-state index in [0.29, 0.717) is 18.8 Å². The van der Waals surface area contributed by atoms with Crippen LogP contribution in [0.1, 0.15) is 16.1 Å². The Morgan fingerprint density at radius 3 is 2.48 bits per heavy atom. The van der Waals surface area contributed by atoms with Crippen molar-refractivity contribution in [2.75, 3.05) is 45.9 Å². The highest BCUT2D eigenvalue weighted by atomic mass is 16.5. The zero-order chi connectivity index (χ0) is 21.5. The topological polar surface area (TPSA) is 75.6 Å². The maximum Gasteiger partial charge on any atom is 0.268 e. The molecule has 0 spiro atoms. The second-order valence-corrected chi connectivity index (χ2v) is 7.65. The van der Waals surface area contributed by atoms with Crippen LogP contribution in [0.15, 0.2) is 60.7 Å². The maximum atomic E-state index is 12.9. The summed E-state index contributed by atoms with van der Waals surface area (Å²) in [6.45, 7) is 5.13. The molecule has 162 valence electrons.